The number of nitrogens with one attached hydrogen (secondary N) is 2. The lowest BCUT2D eigenvalue weighted by Crippen LogP contribution is -2.42. The van der Waals surface area contributed by atoms with E-state index in [2.05, 4.69) is 33.0 Å². The quantitative estimate of drug-likeness (QED) is 0.439. The summed E-state index contributed by atoms with van der Waals surface area (Å²) in [6.45, 7) is 2.94. The van der Waals surface area contributed by atoms with Crippen molar-refractivity contribution in [2.24, 2.45) is 0 Å². The minimum absolute atomic E-state index is 0.00305. The summed E-state index contributed by atoms with van der Waals surface area (Å²) in [6.07, 6.45) is 2.18. The highest BCUT2D eigenvalue weighted by molar-refractivity contribution is 7.10. The van der Waals surface area contributed by atoms with E-state index in [1.165, 1.54) is 23.1 Å². The van der Waals surface area contributed by atoms with Crippen molar-refractivity contribution in [3.8, 4) is 0 Å². The minimum Gasteiger partial charge on any atom is -0.347 e. The normalized spacial score (nSPS) is 15.1. The average molecular weight is 402 g/mol. The number of carbonyl (C=O) groups is 2. The van der Waals surface area contributed by atoms with Crippen molar-refractivity contribution in [2.75, 3.05) is 31.5 Å². The molecule has 8 nitrogen and oxygen atoms in total. The SMILES string of the molecule is O=C(NCCN1CCC(c2cccs2)CC1)C(=O)Nc1ccccc1[N+](=O)[O-]. The molecule has 2 N–H and O–H groups in total. The van der Waals surface area contributed by atoms with Gasteiger partial charge in [-0.2, -0.15) is 0 Å². The van der Waals surface area contributed by atoms with Crippen LogP contribution < -0.4 is 10.6 Å². The molecule has 0 radical (unpaired) electrons. The van der Waals surface area contributed by atoms with Crippen molar-refractivity contribution < 1.29 is 14.5 Å². The first-order valence-corrected chi connectivity index (χ1v) is 10.0. The number of nitrogens with zero attached hydrogens (tertiary/aromatic N) is 2. The maximum atomic E-state index is 12.0. The molecular weight excluding hydrogens is 380 g/mol. The van der Waals surface area contributed by atoms with Crippen molar-refractivity contribution in [3.63, 3.8) is 0 Å². The third-order valence-corrected chi connectivity index (χ3v) is 5.84. The van der Waals surface area contributed by atoms with Crippen LogP contribution in [0.4, 0.5) is 11.4 Å². The Morgan fingerprint density at radius 3 is 2.57 bits per heavy atom. The van der Waals surface area contributed by atoms with Crippen LogP contribution in [-0.2, 0) is 9.59 Å². The van der Waals surface area contributed by atoms with Gasteiger partial charge in [-0.05, 0) is 49.4 Å². The molecule has 1 aromatic carbocycles. The van der Waals surface area contributed by atoms with Crippen molar-refractivity contribution in [1.82, 2.24) is 10.2 Å². The number of anilines is 1. The van der Waals surface area contributed by atoms with Crippen LogP contribution in [0.25, 0.3) is 0 Å². The Morgan fingerprint density at radius 2 is 1.89 bits per heavy atom. The van der Waals surface area contributed by atoms with Gasteiger partial charge in [-0.1, -0.05) is 18.2 Å². The third-order valence-electron chi connectivity index (χ3n) is 4.80. The van der Waals surface area contributed by atoms with Crippen molar-refractivity contribution in [2.45, 2.75) is 18.8 Å². The highest BCUT2D eigenvalue weighted by atomic mass is 32.1. The molecule has 0 spiro atoms. The average Bonchev–Trinajstić information content (AvgIpc) is 3.23. The summed E-state index contributed by atoms with van der Waals surface area (Å²) in [4.78, 5) is 38.0. The van der Waals surface area contributed by atoms with Crippen LogP contribution in [0.15, 0.2) is 41.8 Å². The van der Waals surface area contributed by atoms with Gasteiger partial charge in [0.1, 0.15) is 5.69 Å². The Hall–Kier alpha value is -2.78. The number of rotatable bonds is 6. The van der Waals surface area contributed by atoms with Crippen LogP contribution in [0, 0.1) is 10.1 Å². The largest absolute Gasteiger partial charge is 0.347 e. The lowest BCUT2D eigenvalue weighted by atomic mass is 9.95. The van der Waals surface area contributed by atoms with Crippen LogP contribution in [0.3, 0.4) is 0 Å². The van der Waals surface area contributed by atoms with Gasteiger partial charge in [-0.25, -0.2) is 0 Å². The van der Waals surface area contributed by atoms with Gasteiger partial charge >= 0.3 is 11.8 Å². The number of hydrogen-bond acceptors (Lipinski definition) is 6. The summed E-state index contributed by atoms with van der Waals surface area (Å²) >= 11 is 1.80. The number of piperidine rings is 1. The summed E-state index contributed by atoms with van der Waals surface area (Å²) in [5.74, 6) is -1.10. The number of thiophene rings is 1. The number of hydrogen-bond donors (Lipinski definition) is 2. The van der Waals surface area contributed by atoms with E-state index in [9.17, 15) is 19.7 Å². The zero-order valence-electron chi connectivity index (χ0n) is 15.3. The van der Waals surface area contributed by atoms with Gasteiger partial charge in [0.2, 0.25) is 0 Å². The molecule has 9 heteroatoms. The van der Waals surface area contributed by atoms with Gasteiger partial charge in [0.15, 0.2) is 0 Å². The fourth-order valence-electron chi connectivity index (χ4n) is 3.29. The molecule has 1 saturated heterocycles. The predicted octanol–water partition coefficient (Wildman–Crippen LogP) is 2.59. The first-order chi connectivity index (χ1) is 13.5. The van der Waals surface area contributed by atoms with E-state index in [0.29, 0.717) is 19.0 Å². The molecule has 0 saturated carbocycles. The Balaban J connectivity index is 1.40. The molecule has 2 aromatic rings. The Morgan fingerprint density at radius 1 is 1.14 bits per heavy atom. The molecule has 2 amide bonds. The Bertz CT molecular complexity index is 832. The second-order valence-electron chi connectivity index (χ2n) is 6.62. The number of likely N-dealkylation sites (tertiary alicyclic amines) is 1. The summed E-state index contributed by atoms with van der Waals surface area (Å²) < 4.78 is 0. The highest BCUT2D eigenvalue weighted by Gasteiger charge is 2.22. The second-order valence-corrected chi connectivity index (χ2v) is 7.59. The zero-order chi connectivity index (χ0) is 19.9. The Kier molecular flexibility index (Phi) is 6.72. The summed E-state index contributed by atoms with van der Waals surface area (Å²) in [6, 6.07) is 9.97. The van der Waals surface area contributed by atoms with E-state index < -0.39 is 16.7 Å². The van der Waals surface area contributed by atoms with Crippen molar-refractivity contribution >= 4 is 34.5 Å². The molecule has 0 unspecified atom stereocenters. The molecule has 1 aromatic heterocycles. The van der Waals surface area contributed by atoms with E-state index in [1.54, 1.807) is 17.4 Å². The number of nitro benzene ring substituents is 1. The lowest BCUT2D eigenvalue weighted by molar-refractivity contribution is -0.383. The molecule has 1 aliphatic heterocycles. The third kappa shape index (κ3) is 5.14. The standard InChI is InChI=1S/C19H22N4O4S/c24-18(19(25)21-15-4-1-2-5-16(15)23(26)27)20-9-12-22-10-7-14(8-11-22)17-6-3-13-28-17/h1-6,13-14H,7-12H2,(H,20,24)(H,21,25). The molecule has 1 fully saturated rings. The molecular formula is C19H22N4O4S. The number of benzene rings is 1. The van der Waals surface area contributed by atoms with Crippen LogP contribution in [-0.4, -0.2) is 47.8 Å². The van der Waals surface area contributed by atoms with Gasteiger partial charge in [0.05, 0.1) is 4.92 Å². The second kappa shape index (κ2) is 9.43. The van der Waals surface area contributed by atoms with Crippen LogP contribution in [0.2, 0.25) is 0 Å². The van der Waals surface area contributed by atoms with Crippen LogP contribution in [0.1, 0.15) is 23.6 Å². The highest BCUT2D eigenvalue weighted by Crippen LogP contribution is 2.30. The first-order valence-electron chi connectivity index (χ1n) is 9.13. The van der Waals surface area contributed by atoms with Gasteiger partial charge in [0.25, 0.3) is 5.69 Å². The maximum Gasteiger partial charge on any atom is 0.313 e. The molecule has 0 bridgehead atoms. The molecule has 1 aliphatic rings. The maximum absolute atomic E-state index is 12.0. The monoisotopic (exact) mass is 402 g/mol. The topological polar surface area (TPSA) is 105 Å². The predicted molar refractivity (Wildman–Crippen MR) is 107 cm³/mol. The zero-order valence-corrected chi connectivity index (χ0v) is 16.1. The number of carbonyl (C=O) groups excluding carboxylic acids is 2. The number of nitro groups is 1. The van der Waals surface area contributed by atoms with Crippen LogP contribution >= 0.6 is 11.3 Å². The van der Waals surface area contributed by atoms with Gasteiger partial charge in [-0.15, -0.1) is 11.3 Å². The smallest absolute Gasteiger partial charge is 0.313 e. The first kappa shape index (κ1) is 20.0. The van der Waals surface area contributed by atoms with E-state index in [-0.39, 0.29) is 11.4 Å². The summed E-state index contributed by atoms with van der Waals surface area (Å²) in [5, 5.41) is 17.9. The fraction of sp³-hybridized carbons (Fsp3) is 0.368. The molecule has 2 heterocycles. The lowest BCUT2D eigenvalue weighted by Gasteiger charge is -2.31. The molecule has 0 aliphatic carbocycles. The summed E-state index contributed by atoms with van der Waals surface area (Å²) in [5.41, 5.74) is -0.249. The number of amides is 2. The fourth-order valence-corrected chi connectivity index (χ4v) is 4.19. The van der Waals surface area contributed by atoms with Crippen molar-refractivity contribution in [1.29, 1.82) is 0 Å². The van der Waals surface area contributed by atoms with E-state index >= 15 is 0 Å². The van der Waals surface area contributed by atoms with E-state index in [4.69, 9.17) is 0 Å². The summed E-state index contributed by atoms with van der Waals surface area (Å²) in [7, 11) is 0. The molecule has 3 rings (SSSR count). The van der Waals surface area contributed by atoms with Crippen LogP contribution in [0.5, 0.6) is 0 Å². The Labute approximate surface area is 166 Å². The minimum atomic E-state index is -0.911. The molecule has 148 valence electrons. The molecule has 0 atom stereocenters. The molecule has 28 heavy (non-hydrogen) atoms. The van der Waals surface area contributed by atoms with E-state index in [1.807, 2.05) is 0 Å². The van der Waals surface area contributed by atoms with Gasteiger partial charge in [0, 0.05) is 24.0 Å². The van der Waals surface area contributed by atoms with E-state index in [0.717, 1.165) is 25.9 Å². The number of para-hydroxylation sites is 2. The van der Waals surface area contributed by atoms with Crippen molar-refractivity contribution in [3.05, 3.63) is 56.8 Å². The van der Waals surface area contributed by atoms with Gasteiger partial charge < -0.3 is 15.5 Å². The van der Waals surface area contributed by atoms with Gasteiger partial charge in [-0.3, -0.25) is 19.7 Å².